The minimum Gasteiger partial charge on any atom is -0.384 e. The molecule has 2 aromatic rings. The van der Waals surface area contributed by atoms with Crippen LogP contribution in [0, 0.1) is 24.6 Å². The number of hydrogen-bond donors (Lipinski definition) is 2. The lowest BCUT2D eigenvalue weighted by Crippen LogP contribution is -2.13. The van der Waals surface area contributed by atoms with Crippen molar-refractivity contribution in [1.29, 1.82) is 0 Å². The molecule has 0 bridgehead atoms. The number of carbonyl (C=O) groups is 1. The van der Waals surface area contributed by atoms with Crippen LogP contribution < -0.4 is 5.32 Å². The van der Waals surface area contributed by atoms with Gasteiger partial charge in [0.15, 0.2) is 5.13 Å². The quantitative estimate of drug-likeness (QED) is 0.833. The van der Waals surface area contributed by atoms with Crippen LogP contribution in [0.1, 0.15) is 21.6 Å². The Morgan fingerprint density at radius 1 is 1.55 bits per heavy atom. The first-order valence-electron chi connectivity index (χ1n) is 5.73. The zero-order chi connectivity index (χ0) is 14.5. The first kappa shape index (κ1) is 14.2. The third-order valence-electron chi connectivity index (χ3n) is 2.37. The Hall–Kier alpha value is -2.23. The molecule has 0 saturated heterocycles. The van der Waals surface area contributed by atoms with E-state index in [0.29, 0.717) is 5.13 Å². The van der Waals surface area contributed by atoms with Crippen molar-refractivity contribution in [3.8, 4) is 11.8 Å². The molecular formula is C14H11FN2O2S. The summed E-state index contributed by atoms with van der Waals surface area (Å²) in [7, 11) is 0. The van der Waals surface area contributed by atoms with Crippen molar-refractivity contribution in [1.82, 2.24) is 4.98 Å². The first-order chi connectivity index (χ1) is 9.60. The number of amides is 1. The van der Waals surface area contributed by atoms with Gasteiger partial charge in [-0.3, -0.25) is 10.1 Å². The predicted molar refractivity (Wildman–Crippen MR) is 75.2 cm³/mol. The third kappa shape index (κ3) is 3.41. The molecule has 0 radical (unpaired) electrons. The average molecular weight is 290 g/mol. The largest absolute Gasteiger partial charge is 0.384 e. The van der Waals surface area contributed by atoms with Crippen molar-refractivity contribution in [2.24, 2.45) is 0 Å². The number of halogens is 1. The minimum atomic E-state index is -0.492. The molecule has 1 heterocycles. The Morgan fingerprint density at radius 2 is 2.35 bits per heavy atom. The van der Waals surface area contributed by atoms with E-state index >= 15 is 0 Å². The lowest BCUT2D eigenvalue weighted by atomic mass is 10.1. The molecule has 1 aromatic heterocycles. The van der Waals surface area contributed by atoms with Gasteiger partial charge in [0, 0.05) is 10.9 Å². The maximum Gasteiger partial charge on any atom is 0.258 e. The summed E-state index contributed by atoms with van der Waals surface area (Å²) in [5.41, 5.74) is 1.27. The summed E-state index contributed by atoms with van der Waals surface area (Å²) < 4.78 is 13.2. The Morgan fingerprint density at radius 3 is 3.00 bits per heavy atom. The fraction of sp³-hybridized carbons (Fsp3) is 0.143. The molecule has 0 atom stereocenters. The highest BCUT2D eigenvalue weighted by atomic mass is 32.1. The van der Waals surface area contributed by atoms with Gasteiger partial charge in [-0.2, -0.15) is 0 Å². The number of aryl methyl sites for hydroxylation is 1. The maximum atomic E-state index is 13.2. The molecule has 2 N–H and O–H groups in total. The highest BCUT2D eigenvalue weighted by Gasteiger charge is 2.12. The second-order valence-corrected chi connectivity index (χ2v) is 4.76. The van der Waals surface area contributed by atoms with E-state index in [9.17, 15) is 9.18 Å². The molecule has 6 heteroatoms. The molecule has 0 unspecified atom stereocenters. The summed E-state index contributed by atoms with van der Waals surface area (Å²) >= 11 is 1.31. The molecule has 1 amide bonds. The maximum absolute atomic E-state index is 13.2. The lowest BCUT2D eigenvalue weighted by Gasteiger charge is -2.04. The topological polar surface area (TPSA) is 62.2 Å². The number of anilines is 1. The van der Waals surface area contributed by atoms with E-state index in [0.717, 1.165) is 11.8 Å². The lowest BCUT2D eigenvalue weighted by molar-refractivity contribution is 0.102. The standard InChI is InChI=1S/C14H11FN2O2S/c1-9-8-20-14(16-9)17-13(19)12-5-4-11(15)7-10(12)3-2-6-18/h4-5,7-8,18H,6H2,1H3,(H,16,17,19). The van der Waals surface area contributed by atoms with E-state index in [2.05, 4.69) is 22.1 Å². The van der Waals surface area contributed by atoms with Gasteiger partial charge >= 0.3 is 0 Å². The molecule has 4 nitrogen and oxygen atoms in total. The highest BCUT2D eigenvalue weighted by Crippen LogP contribution is 2.17. The fourth-order valence-corrected chi connectivity index (χ4v) is 2.21. The monoisotopic (exact) mass is 290 g/mol. The summed E-state index contributed by atoms with van der Waals surface area (Å²) in [4.78, 5) is 16.2. The van der Waals surface area contributed by atoms with Gasteiger partial charge in [0.1, 0.15) is 12.4 Å². The van der Waals surface area contributed by atoms with Crippen molar-refractivity contribution < 1.29 is 14.3 Å². The smallest absolute Gasteiger partial charge is 0.258 e. The zero-order valence-corrected chi connectivity index (χ0v) is 11.4. The number of thiazole rings is 1. The van der Waals surface area contributed by atoms with E-state index in [1.54, 1.807) is 0 Å². The number of aromatic nitrogens is 1. The van der Waals surface area contributed by atoms with Crippen molar-refractivity contribution in [3.05, 3.63) is 46.2 Å². The van der Waals surface area contributed by atoms with E-state index < -0.39 is 11.7 Å². The number of aliphatic hydroxyl groups is 1. The number of benzene rings is 1. The first-order valence-corrected chi connectivity index (χ1v) is 6.61. The molecule has 2 rings (SSSR count). The van der Waals surface area contributed by atoms with Crippen LogP contribution in [-0.2, 0) is 0 Å². The van der Waals surface area contributed by atoms with Gasteiger partial charge in [0.05, 0.1) is 11.3 Å². The molecule has 0 aliphatic heterocycles. The second kappa shape index (κ2) is 6.28. The van der Waals surface area contributed by atoms with Gasteiger partial charge in [-0.25, -0.2) is 9.37 Å². The summed E-state index contributed by atoms with van der Waals surface area (Å²) in [6.45, 7) is 1.46. The average Bonchev–Trinajstić information content (AvgIpc) is 2.81. The van der Waals surface area contributed by atoms with Gasteiger partial charge in [0.25, 0.3) is 5.91 Å². The molecule has 0 aliphatic rings. The number of nitrogens with zero attached hydrogens (tertiary/aromatic N) is 1. The van der Waals surface area contributed by atoms with Crippen molar-refractivity contribution in [2.45, 2.75) is 6.92 Å². The van der Waals surface area contributed by atoms with Crippen LogP contribution in [0.4, 0.5) is 9.52 Å². The Bertz CT molecular complexity index is 701. The Labute approximate surface area is 119 Å². The number of carbonyl (C=O) groups excluding carboxylic acids is 1. The Kier molecular flexibility index (Phi) is 4.45. The number of rotatable bonds is 2. The van der Waals surface area contributed by atoms with Crippen LogP contribution in [0.15, 0.2) is 23.6 Å². The summed E-state index contributed by atoms with van der Waals surface area (Å²) in [6, 6.07) is 3.70. The van der Waals surface area contributed by atoms with Crippen LogP contribution >= 0.6 is 11.3 Å². The van der Waals surface area contributed by atoms with Gasteiger partial charge < -0.3 is 5.11 Å². The van der Waals surface area contributed by atoms with Crippen LogP contribution in [0.5, 0.6) is 0 Å². The summed E-state index contributed by atoms with van der Waals surface area (Å²) in [5.74, 6) is 4.05. The number of aliphatic hydroxyl groups excluding tert-OH is 1. The predicted octanol–water partition coefficient (Wildman–Crippen LogP) is 2.19. The molecule has 0 saturated carbocycles. The summed E-state index contributed by atoms with van der Waals surface area (Å²) in [6.07, 6.45) is 0. The molecule has 102 valence electrons. The van der Waals surface area contributed by atoms with Crippen LogP contribution in [-0.4, -0.2) is 22.6 Å². The molecule has 0 fully saturated rings. The third-order valence-corrected chi connectivity index (χ3v) is 3.24. The number of hydrogen-bond acceptors (Lipinski definition) is 4. The molecule has 20 heavy (non-hydrogen) atoms. The van der Waals surface area contributed by atoms with Crippen LogP contribution in [0.3, 0.4) is 0 Å². The molecule has 0 spiro atoms. The second-order valence-electron chi connectivity index (χ2n) is 3.90. The normalized spacial score (nSPS) is 9.75. The highest BCUT2D eigenvalue weighted by molar-refractivity contribution is 7.13. The van der Waals surface area contributed by atoms with Gasteiger partial charge in [-0.05, 0) is 25.1 Å². The van der Waals surface area contributed by atoms with E-state index in [1.807, 2.05) is 12.3 Å². The zero-order valence-electron chi connectivity index (χ0n) is 10.6. The van der Waals surface area contributed by atoms with Crippen molar-refractivity contribution >= 4 is 22.4 Å². The van der Waals surface area contributed by atoms with E-state index in [4.69, 9.17) is 5.11 Å². The van der Waals surface area contributed by atoms with Crippen molar-refractivity contribution in [3.63, 3.8) is 0 Å². The van der Waals surface area contributed by atoms with E-state index in [1.165, 1.54) is 23.5 Å². The van der Waals surface area contributed by atoms with Gasteiger partial charge in [-0.15, -0.1) is 11.3 Å². The minimum absolute atomic E-state index is 0.227. The summed E-state index contributed by atoms with van der Waals surface area (Å²) in [5, 5.41) is 13.6. The number of nitrogens with one attached hydrogen (secondary N) is 1. The Balaban J connectivity index is 2.29. The molecule has 0 aliphatic carbocycles. The van der Waals surface area contributed by atoms with Crippen molar-refractivity contribution in [2.75, 3.05) is 11.9 Å². The molecule has 1 aromatic carbocycles. The molecular weight excluding hydrogens is 279 g/mol. The fourth-order valence-electron chi connectivity index (χ4n) is 1.53. The van der Waals surface area contributed by atoms with Gasteiger partial charge in [0.2, 0.25) is 0 Å². The van der Waals surface area contributed by atoms with Gasteiger partial charge in [-0.1, -0.05) is 11.8 Å². The van der Waals surface area contributed by atoms with Crippen LogP contribution in [0.25, 0.3) is 0 Å². The van der Waals surface area contributed by atoms with E-state index in [-0.39, 0.29) is 17.7 Å². The van der Waals surface area contributed by atoms with Crippen LogP contribution in [0.2, 0.25) is 0 Å². The SMILES string of the molecule is Cc1csc(NC(=O)c2ccc(F)cc2C#CCO)n1.